The first-order chi connectivity index (χ1) is 9.35. The van der Waals surface area contributed by atoms with E-state index in [0.717, 1.165) is 31.9 Å². The van der Waals surface area contributed by atoms with Crippen LogP contribution in [0.1, 0.15) is 31.5 Å². The maximum Gasteiger partial charge on any atom is 0.240 e. The number of nitrogens with zero attached hydrogens (tertiary/aromatic N) is 6. The fourth-order valence-corrected chi connectivity index (χ4v) is 2.52. The lowest BCUT2D eigenvalue weighted by atomic mass is 10.2. The van der Waals surface area contributed by atoms with Crippen molar-refractivity contribution in [2.24, 2.45) is 0 Å². The Balaban J connectivity index is 1.62. The van der Waals surface area contributed by atoms with Crippen molar-refractivity contribution in [3.05, 3.63) is 24.4 Å². The monoisotopic (exact) mass is 262 g/mol. The van der Waals surface area contributed by atoms with Gasteiger partial charge in [0.25, 0.3) is 0 Å². The number of rotatable bonds is 5. The molecule has 0 aliphatic carbocycles. The summed E-state index contributed by atoms with van der Waals surface area (Å²) in [6, 6.07) is 0.471. The summed E-state index contributed by atoms with van der Waals surface area (Å²) in [5, 5.41) is 8.10. The topological polar surface area (TPSA) is 72.9 Å². The summed E-state index contributed by atoms with van der Waals surface area (Å²) in [6.07, 6.45) is 6.53. The maximum absolute atomic E-state index is 5.26. The van der Waals surface area contributed by atoms with Gasteiger partial charge in [0.2, 0.25) is 5.89 Å². The van der Waals surface area contributed by atoms with Gasteiger partial charge in [0.1, 0.15) is 12.7 Å². The zero-order chi connectivity index (χ0) is 13.1. The molecule has 0 aromatic carbocycles. The van der Waals surface area contributed by atoms with Crippen LogP contribution in [0.15, 0.2) is 17.2 Å². The Hall–Kier alpha value is -1.76. The standard InChI is InChI=1S/C12H18N6O/c1-2-11-15-12(19-16-11)7-17-5-3-4-10(17)6-18-9-13-8-14-18/h8-10H,2-7H2,1H3/t10-/m1/s1. The minimum absolute atomic E-state index is 0.471. The van der Waals surface area contributed by atoms with E-state index in [4.69, 9.17) is 4.52 Å². The van der Waals surface area contributed by atoms with Gasteiger partial charge in [-0.05, 0) is 19.4 Å². The molecule has 0 unspecified atom stereocenters. The zero-order valence-electron chi connectivity index (χ0n) is 11.1. The predicted molar refractivity (Wildman–Crippen MR) is 67.1 cm³/mol. The number of likely N-dealkylation sites (tertiary alicyclic amines) is 1. The number of hydrogen-bond acceptors (Lipinski definition) is 6. The van der Waals surface area contributed by atoms with Crippen LogP contribution in [-0.4, -0.2) is 42.4 Å². The summed E-state index contributed by atoms with van der Waals surface area (Å²) in [6.45, 7) is 4.70. The first-order valence-electron chi connectivity index (χ1n) is 6.73. The molecule has 0 amide bonds. The van der Waals surface area contributed by atoms with Gasteiger partial charge in [0, 0.05) is 12.5 Å². The summed E-state index contributed by atoms with van der Waals surface area (Å²) in [5.41, 5.74) is 0. The molecule has 0 radical (unpaired) electrons. The highest BCUT2D eigenvalue weighted by molar-refractivity contribution is 4.88. The molecule has 0 spiro atoms. The smallest absolute Gasteiger partial charge is 0.240 e. The Morgan fingerprint density at radius 3 is 3.16 bits per heavy atom. The largest absolute Gasteiger partial charge is 0.338 e. The Morgan fingerprint density at radius 2 is 2.42 bits per heavy atom. The highest BCUT2D eigenvalue weighted by atomic mass is 16.5. The second-order valence-electron chi connectivity index (χ2n) is 4.84. The molecule has 7 heteroatoms. The van der Waals surface area contributed by atoms with Crippen molar-refractivity contribution >= 4 is 0 Å². The quantitative estimate of drug-likeness (QED) is 0.796. The molecule has 2 aromatic rings. The third-order valence-electron chi connectivity index (χ3n) is 3.53. The molecule has 1 saturated heterocycles. The third kappa shape index (κ3) is 2.81. The lowest BCUT2D eigenvalue weighted by molar-refractivity contribution is 0.191. The highest BCUT2D eigenvalue weighted by Crippen LogP contribution is 2.20. The van der Waals surface area contributed by atoms with Crippen LogP contribution < -0.4 is 0 Å². The molecule has 0 N–H and O–H groups in total. The average molecular weight is 262 g/mol. The second kappa shape index (κ2) is 5.48. The summed E-state index contributed by atoms with van der Waals surface area (Å²) in [7, 11) is 0. The van der Waals surface area contributed by atoms with E-state index < -0.39 is 0 Å². The van der Waals surface area contributed by atoms with Gasteiger partial charge in [-0.2, -0.15) is 10.1 Å². The minimum Gasteiger partial charge on any atom is -0.338 e. The van der Waals surface area contributed by atoms with Crippen LogP contribution in [-0.2, 0) is 19.5 Å². The zero-order valence-corrected chi connectivity index (χ0v) is 11.1. The molecule has 7 nitrogen and oxygen atoms in total. The van der Waals surface area contributed by atoms with Crippen LogP contribution >= 0.6 is 0 Å². The summed E-state index contributed by atoms with van der Waals surface area (Å²) < 4.78 is 7.15. The van der Waals surface area contributed by atoms with Crippen LogP contribution in [0.4, 0.5) is 0 Å². The van der Waals surface area contributed by atoms with E-state index in [0.29, 0.717) is 11.9 Å². The van der Waals surface area contributed by atoms with Crippen molar-refractivity contribution in [2.75, 3.05) is 6.54 Å². The van der Waals surface area contributed by atoms with E-state index in [1.807, 2.05) is 11.6 Å². The van der Waals surface area contributed by atoms with Crippen LogP contribution in [0.2, 0.25) is 0 Å². The van der Waals surface area contributed by atoms with E-state index >= 15 is 0 Å². The van der Waals surface area contributed by atoms with Gasteiger partial charge in [-0.1, -0.05) is 12.1 Å². The van der Waals surface area contributed by atoms with Gasteiger partial charge in [-0.15, -0.1) is 0 Å². The molecule has 3 heterocycles. The maximum atomic E-state index is 5.26. The van der Waals surface area contributed by atoms with Crippen molar-refractivity contribution in [3.63, 3.8) is 0 Å². The van der Waals surface area contributed by atoms with Crippen LogP contribution in [0.5, 0.6) is 0 Å². The Bertz CT molecular complexity index is 508. The Kier molecular flexibility index (Phi) is 3.54. The minimum atomic E-state index is 0.471. The van der Waals surface area contributed by atoms with E-state index in [-0.39, 0.29) is 0 Å². The van der Waals surface area contributed by atoms with Gasteiger partial charge in [-0.25, -0.2) is 4.98 Å². The molecule has 1 fully saturated rings. The fraction of sp³-hybridized carbons (Fsp3) is 0.667. The molecule has 0 bridgehead atoms. The molecule has 2 aromatic heterocycles. The summed E-state index contributed by atoms with van der Waals surface area (Å²) in [4.78, 5) is 10.7. The first-order valence-corrected chi connectivity index (χ1v) is 6.73. The molecule has 1 aliphatic heterocycles. The number of hydrogen-bond donors (Lipinski definition) is 0. The van der Waals surface area contributed by atoms with Crippen LogP contribution in [0, 0.1) is 0 Å². The lowest BCUT2D eigenvalue weighted by Crippen LogP contribution is -2.32. The molecule has 1 aliphatic rings. The van der Waals surface area contributed by atoms with E-state index in [1.54, 1.807) is 12.7 Å². The molecule has 102 valence electrons. The van der Waals surface area contributed by atoms with Gasteiger partial charge >= 0.3 is 0 Å². The van der Waals surface area contributed by atoms with Crippen molar-refractivity contribution in [1.82, 2.24) is 29.8 Å². The summed E-state index contributed by atoms with van der Waals surface area (Å²) >= 11 is 0. The molecule has 3 rings (SSSR count). The van der Waals surface area contributed by atoms with Crippen molar-refractivity contribution in [1.29, 1.82) is 0 Å². The molecular formula is C12H18N6O. The van der Waals surface area contributed by atoms with Crippen molar-refractivity contribution in [2.45, 2.75) is 45.3 Å². The average Bonchev–Trinajstić information content (AvgIpc) is 3.14. The van der Waals surface area contributed by atoms with E-state index in [2.05, 4.69) is 25.1 Å². The molecular weight excluding hydrogens is 244 g/mol. The first kappa shape index (κ1) is 12.3. The van der Waals surface area contributed by atoms with Gasteiger partial charge in [0.15, 0.2) is 5.82 Å². The normalized spacial score (nSPS) is 20.2. The predicted octanol–water partition coefficient (Wildman–Crippen LogP) is 0.888. The third-order valence-corrected chi connectivity index (χ3v) is 3.53. The van der Waals surface area contributed by atoms with E-state index in [9.17, 15) is 0 Å². The summed E-state index contributed by atoms with van der Waals surface area (Å²) in [5.74, 6) is 1.49. The Morgan fingerprint density at radius 1 is 1.47 bits per heavy atom. The molecule has 19 heavy (non-hydrogen) atoms. The van der Waals surface area contributed by atoms with Crippen LogP contribution in [0.25, 0.3) is 0 Å². The fourth-order valence-electron chi connectivity index (χ4n) is 2.52. The number of aryl methyl sites for hydroxylation is 1. The SMILES string of the molecule is CCc1noc(CN2CCC[C@@H]2Cn2cncn2)n1. The lowest BCUT2D eigenvalue weighted by Gasteiger charge is -2.22. The van der Waals surface area contributed by atoms with Crippen molar-refractivity contribution < 1.29 is 4.52 Å². The van der Waals surface area contributed by atoms with Gasteiger partial charge < -0.3 is 4.52 Å². The van der Waals surface area contributed by atoms with Gasteiger partial charge in [0.05, 0.1) is 13.1 Å². The second-order valence-corrected chi connectivity index (χ2v) is 4.84. The molecule has 1 atom stereocenters. The van der Waals surface area contributed by atoms with E-state index in [1.165, 1.54) is 12.8 Å². The Labute approximate surface area is 111 Å². The highest BCUT2D eigenvalue weighted by Gasteiger charge is 2.26. The molecule has 0 saturated carbocycles. The van der Waals surface area contributed by atoms with Gasteiger partial charge in [-0.3, -0.25) is 9.58 Å². The number of aromatic nitrogens is 5. The van der Waals surface area contributed by atoms with Crippen molar-refractivity contribution in [3.8, 4) is 0 Å². The van der Waals surface area contributed by atoms with Crippen LogP contribution in [0.3, 0.4) is 0 Å².